The molecule has 1 aromatic heterocycles. The molecule has 0 bridgehead atoms. The molecule has 27 heavy (non-hydrogen) atoms. The molecule has 1 heterocycles. The van der Waals surface area contributed by atoms with Gasteiger partial charge in [0.25, 0.3) is 0 Å². The summed E-state index contributed by atoms with van der Waals surface area (Å²) >= 11 is 0. The maximum absolute atomic E-state index is 13.3. The first kappa shape index (κ1) is 17.5. The van der Waals surface area contributed by atoms with Crippen molar-refractivity contribution in [2.45, 2.75) is 32.1 Å². The first-order chi connectivity index (χ1) is 13.0. The number of hydrogen-bond donors (Lipinski definition) is 0. The summed E-state index contributed by atoms with van der Waals surface area (Å²) in [7, 11) is 1.69. The summed E-state index contributed by atoms with van der Waals surface area (Å²) in [5.74, 6) is -0.264. The molecule has 2 aliphatic carbocycles. The van der Waals surface area contributed by atoms with E-state index in [1.54, 1.807) is 19.2 Å². The summed E-state index contributed by atoms with van der Waals surface area (Å²) < 4.78 is 15.1. The van der Waals surface area contributed by atoms with Crippen molar-refractivity contribution in [1.82, 2.24) is 14.7 Å². The van der Waals surface area contributed by atoms with Crippen LogP contribution in [0.1, 0.15) is 36.9 Å². The Bertz CT molecular complexity index is 967. The van der Waals surface area contributed by atoms with Crippen molar-refractivity contribution in [2.75, 3.05) is 13.6 Å². The van der Waals surface area contributed by atoms with Gasteiger partial charge in [-0.2, -0.15) is 10.4 Å². The molecule has 0 saturated carbocycles. The first-order valence-electron chi connectivity index (χ1n) is 9.17. The molecule has 2 aromatic rings. The second kappa shape index (κ2) is 6.66. The van der Waals surface area contributed by atoms with Crippen LogP contribution in [0, 0.1) is 23.1 Å². The van der Waals surface area contributed by atoms with E-state index >= 15 is 0 Å². The quantitative estimate of drug-likeness (QED) is 0.620. The van der Waals surface area contributed by atoms with Gasteiger partial charge in [0, 0.05) is 24.9 Å². The highest BCUT2D eigenvalue weighted by molar-refractivity contribution is 5.83. The van der Waals surface area contributed by atoms with Crippen LogP contribution >= 0.6 is 0 Å². The standard InChI is InChI=1S/C21H21FN4O/c1-13-18-12-24-26(16-6-4-15(22)5-7-16)19(18)11-14-3-8-17(20(13)14)21(27)25(2)10-9-23/h4-7,12-13,17H,3,8,10-11H2,1-2H3/t13-,17+/m0/s1. The first-order valence-corrected chi connectivity index (χ1v) is 9.17. The number of nitriles is 1. The van der Waals surface area contributed by atoms with Gasteiger partial charge in [0.15, 0.2) is 0 Å². The molecule has 0 aliphatic heterocycles. The maximum atomic E-state index is 13.3. The van der Waals surface area contributed by atoms with E-state index in [1.165, 1.54) is 28.2 Å². The van der Waals surface area contributed by atoms with E-state index in [9.17, 15) is 9.18 Å². The third-order valence-electron chi connectivity index (χ3n) is 5.79. The fourth-order valence-corrected chi connectivity index (χ4v) is 4.47. The summed E-state index contributed by atoms with van der Waals surface area (Å²) in [6, 6.07) is 8.39. The van der Waals surface area contributed by atoms with Crippen molar-refractivity contribution in [3.63, 3.8) is 0 Å². The number of amides is 1. The monoisotopic (exact) mass is 364 g/mol. The minimum Gasteiger partial charge on any atom is -0.332 e. The second-order valence-corrected chi connectivity index (χ2v) is 7.34. The maximum Gasteiger partial charge on any atom is 0.230 e. The van der Waals surface area contributed by atoms with Gasteiger partial charge in [-0.3, -0.25) is 4.79 Å². The molecular weight excluding hydrogens is 343 g/mol. The molecule has 1 amide bonds. The van der Waals surface area contributed by atoms with Crippen molar-refractivity contribution in [3.8, 4) is 11.8 Å². The summed E-state index contributed by atoms with van der Waals surface area (Å²) in [4.78, 5) is 14.3. The van der Waals surface area contributed by atoms with Gasteiger partial charge in [0.2, 0.25) is 5.91 Å². The van der Waals surface area contributed by atoms with Gasteiger partial charge >= 0.3 is 0 Å². The molecule has 6 heteroatoms. The Morgan fingerprint density at radius 3 is 2.85 bits per heavy atom. The molecule has 4 rings (SSSR count). The Hall–Kier alpha value is -2.94. The van der Waals surface area contributed by atoms with Crippen molar-refractivity contribution in [1.29, 1.82) is 5.26 Å². The number of carbonyl (C=O) groups excluding carboxylic acids is 1. The number of nitrogens with zero attached hydrogens (tertiary/aromatic N) is 4. The molecule has 0 radical (unpaired) electrons. The Morgan fingerprint density at radius 2 is 2.15 bits per heavy atom. The average Bonchev–Trinajstić information content (AvgIpc) is 3.27. The Balaban J connectivity index is 1.67. The molecule has 5 nitrogen and oxygen atoms in total. The van der Waals surface area contributed by atoms with Crippen LogP contribution in [0.4, 0.5) is 4.39 Å². The van der Waals surface area contributed by atoms with Crippen LogP contribution in [-0.4, -0.2) is 34.2 Å². The van der Waals surface area contributed by atoms with Gasteiger partial charge in [0.05, 0.1) is 29.6 Å². The zero-order valence-corrected chi connectivity index (χ0v) is 15.4. The van der Waals surface area contributed by atoms with Gasteiger partial charge in [-0.1, -0.05) is 18.1 Å². The highest BCUT2D eigenvalue weighted by Crippen LogP contribution is 2.47. The van der Waals surface area contributed by atoms with E-state index < -0.39 is 0 Å². The van der Waals surface area contributed by atoms with Crippen molar-refractivity contribution in [3.05, 3.63) is 58.7 Å². The zero-order valence-electron chi connectivity index (χ0n) is 15.4. The molecule has 2 aliphatic rings. The van der Waals surface area contributed by atoms with Gasteiger partial charge < -0.3 is 4.90 Å². The van der Waals surface area contributed by atoms with Crippen LogP contribution in [-0.2, 0) is 11.2 Å². The third kappa shape index (κ3) is 2.84. The van der Waals surface area contributed by atoms with E-state index in [4.69, 9.17) is 5.26 Å². The van der Waals surface area contributed by atoms with Crippen LogP contribution in [0.2, 0.25) is 0 Å². The predicted molar refractivity (Wildman–Crippen MR) is 98.6 cm³/mol. The van der Waals surface area contributed by atoms with Crippen LogP contribution < -0.4 is 0 Å². The Labute approximate surface area is 157 Å². The molecule has 0 fully saturated rings. The molecule has 2 atom stereocenters. The third-order valence-corrected chi connectivity index (χ3v) is 5.79. The van der Waals surface area contributed by atoms with Crippen LogP contribution in [0.5, 0.6) is 0 Å². The SMILES string of the molecule is C[C@@H]1C2=C(CC[C@H]2C(=O)N(C)CC#N)Cc2c1cnn2-c1ccc(F)cc1. The summed E-state index contributed by atoms with van der Waals surface area (Å²) in [5.41, 5.74) is 5.60. The molecule has 0 spiro atoms. The number of hydrogen-bond acceptors (Lipinski definition) is 3. The normalized spacial score (nSPS) is 20.8. The fourth-order valence-electron chi connectivity index (χ4n) is 4.47. The number of aromatic nitrogens is 2. The molecule has 0 unspecified atom stereocenters. The lowest BCUT2D eigenvalue weighted by Gasteiger charge is -2.28. The molecule has 138 valence electrons. The zero-order chi connectivity index (χ0) is 19.1. The number of rotatable bonds is 3. The number of allylic oxidation sites excluding steroid dienone is 1. The van der Waals surface area contributed by atoms with Gasteiger partial charge in [-0.25, -0.2) is 9.07 Å². The lowest BCUT2D eigenvalue weighted by molar-refractivity contribution is -0.132. The minimum atomic E-state index is -0.267. The van der Waals surface area contributed by atoms with Crippen molar-refractivity contribution < 1.29 is 9.18 Å². The largest absolute Gasteiger partial charge is 0.332 e. The fraction of sp³-hybridized carbons (Fsp3) is 0.381. The molecule has 1 aromatic carbocycles. The summed E-state index contributed by atoms with van der Waals surface area (Å²) in [6.45, 7) is 2.24. The van der Waals surface area contributed by atoms with E-state index in [0.717, 1.165) is 36.2 Å². The highest BCUT2D eigenvalue weighted by atomic mass is 19.1. The Morgan fingerprint density at radius 1 is 1.41 bits per heavy atom. The minimum absolute atomic E-state index is 0.0303. The van der Waals surface area contributed by atoms with E-state index in [1.807, 2.05) is 16.9 Å². The van der Waals surface area contributed by atoms with Gasteiger partial charge in [-0.05, 0) is 37.1 Å². The average molecular weight is 364 g/mol. The van der Waals surface area contributed by atoms with Crippen LogP contribution in [0.3, 0.4) is 0 Å². The van der Waals surface area contributed by atoms with Crippen LogP contribution in [0.15, 0.2) is 41.6 Å². The lowest BCUT2D eigenvalue weighted by atomic mass is 9.79. The Kier molecular flexibility index (Phi) is 4.31. The van der Waals surface area contributed by atoms with E-state index in [2.05, 4.69) is 12.0 Å². The van der Waals surface area contributed by atoms with Crippen molar-refractivity contribution >= 4 is 5.91 Å². The summed E-state index contributed by atoms with van der Waals surface area (Å²) in [5, 5.41) is 13.4. The number of benzene rings is 1. The second-order valence-electron chi connectivity index (χ2n) is 7.34. The molecule has 0 N–H and O–H groups in total. The van der Waals surface area contributed by atoms with E-state index in [0.29, 0.717) is 0 Å². The van der Waals surface area contributed by atoms with E-state index in [-0.39, 0.29) is 30.1 Å². The summed E-state index contributed by atoms with van der Waals surface area (Å²) in [6.07, 6.45) is 4.33. The highest BCUT2D eigenvalue weighted by Gasteiger charge is 2.40. The molecule has 0 saturated heterocycles. The predicted octanol–water partition coefficient (Wildman–Crippen LogP) is 3.36. The van der Waals surface area contributed by atoms with Crippen molar-refractivity contribution in [2.24, 2.45) is 5.92 Å². The van der Waals surface area contributed by atoms with Gasteiger partial charge in [0.1, 0.15) is 12.4 Å². The number of halogens is 1. The topological polar surface area (TPSA) is 61.9 Å². The smallest absolute Gasteiger partial charge is 0.230 e. The van der Waals surface area contributed by atoms with Crippen LogP contribution in [0.25, 0.3) is 5.69 Å². The lowest BCUT2D eigenvalue weighted by Crippen LogP contribution is -2.34. The number of carbonyl (C=O) groups is 1. The molecular formula is C21H21FN4O. The van der Waals surface area contributed by atoms with Gasteiger partial charge in [-0.15, -0.1) is 0 Å². The number of fused-ring (bicyclic) bond motifs is 1.